The lowest BCUT2D eigenvalue weighted by atomic mass is 10.1. The molecule has 0 saturated heterocycles. The Kier molecular flexibility index (Phi) is 6.01. The van der Waals surface area contributed by atoms with E-state index >= 15 is 0 Å². The van der Waals surface area contributed by atoms with Gasteiger partial charge in [-0.3, -0.25) is 4.79 Å². The molecule has 3 aromatic heterocycles. The summed E-state index contributed by atoms with van der Waals surface area (Å²) in [5, 5.41) is 5.59. The second kappa shape index (κ2) is 8.49. The van der Waals surface area contributed by atoms with Gasteiger partial charge in [-0.25, -0.2) is 23.4 Å². The van der Waals surface area contributed by atoms with E-state index in [1.54, 1.807) is 24.5 Å². The van der Waals surface area contributed by atoms with Crippen LogP contribution in [0.15, 0.2) is 41.9 Å². The Labute approximate surface area is 174 Å². The van der Waals surface area contributed by atoms with Crippen molar-refractivity contribution < 1.29 is 17.9 Å². The van der Waals surface area contributed by atoms with Gasteiger partial charge >= 0.3 is 0 Å². The average molecular weight is 430 g/mol. The lowest BCUT2D eigenvalue weighted by molar-refractivity contribution is -0.114. The molecule has 3 aromatic rings. The summed E-state index contributed by atoms with van der Waals surface area (Å²) in [7, 11) is -3.57. The lowest BCUT2D eigenvalue weighted by Crippen LogP contribution is -2.10. The number of hydrogen-bond donors (Lipinski definition) is 3. The van der Waals surface area contributed by atoms with Crippen molar-refractivity contribution in [2.24, 2.45) is 0 Å². The van der Waals surface area contributed by atoms with E-state index in [1.165, 1.54) is 19.3 Å². The Morgan fingerprint density at radius 2 is 1.93 bits per heavy atom. The summed E-state index contributed by atoms with van der Waals surface area (Å²) < 4.78 is 29.9. The minimum atomic E-state index is -3.57. The molecule has 1 amide bonds. The van der Waals surface area contributed by atoms with Crippen molar-refractivity contribution in [2.45, 2.75) is 31.9 Å². The maximum Gasteiger partial charge on any atom is 0.222 e. The Balaban J connectivity index is 2.08. The second-order valence-electron chi connectivity index (χ2n) is 6.84. The minimum Gasteiger partial charge on any atom is -0.491 e. The first-order valence-electron chi connectivity index (χ1n) is 9.04. The van der Waals surface area contributed by atoms with E-state index < -0.39 is 9.84 Å². The van der Waals surface area contributed by atoms with Gasteiger partial charge in [0, 0.05) is 49.3 Å². The van der Waals surface area contributed by atoms with Crippen LogP contribution in [0.2, 0.25) is 0 Å². The summed E-state index contributed by atoms with van der Waals surface area (Å²) >= 11 is 0. The molecule has 0 aromatic carbocycles. The maximum absolute atomic E-state index is 12.1. The highest BCUT2D eigenvalue weighted by Crippen LogP contribution is 2.31. The monoisotopic (exact) mass is 430 g/mol. The number of nitrogens with one attached hydrogen (secondary N) is 3. The predicted octanol–water partition coefficient (Wildman–Crippen LogP) is 2.76. The number of rotatable bonds is 7. The standard InChI is InChI=1S/C19H22N6O4S/c1-11(2)29-13-5-18(25-19(6-13)30(4,27)28)24-15-7-17(23-12(3)26)21-8-14(15)16-9-20-10-22-16/h5-11H,1-4H3,(H,20,22)(H2,21,23,24,25,26). The summed E-state index contributed by atoms with van der Waals surface area (Å²) in [5.41, 5.74) is 1.76. The summed E-state index contributed by atoms with van der Waals surface area (Å²) in [6, 6.07) is 4.59. The Morgan fingerprint density at radius 3 is 2.53 bits per heavy atom. The van der Waals surface area contributed by atoms with Gasteiger partial charge in [-0.05, 0) is 13.8 Å². The highest BCUT2D eigenvalue weighted by atomic mass is 32.2. The van der Waals surface area contributed by atoms with E-state index in [0.717, 1.165) is 6.26 Å². The zero-order valence-corrected chi connectivity index (χ0v) is 17.7. The van der Waals surface area contributed by atoms with Crippen molar-refractivity contribution in [3.8, 4) is 17.0 Å². The molecular formula is C19H22N6O4S. The molecule has 0 aliphatic heterocycles. The van der Waals surface area contributed by atoms with Crippen LogP contribution in [0.5, 0.6) is 5.75 Å². The van der Waals surface area contributed by atoms with Crippen LogP contribution in [0.3, 0.4) is 0 Å². The quantitative estimate of drug-likeness (QED) is 0.520. The van der Waals surface area contributed by atoms with Gasteiger partial charge in [0.2, 0.25) is 5.91 Å². The van der Waals surface area contributed by atoms with Crippen LogP contribution in [0.4, 0.5) is 17.3 Å². The highest BCUT2D eigenvalue weighted by molar-refractivity contribution is 7.90. The summed E-state index contributed by atoms with van der Waals surface area (Å²) in [4.78, 5) is 26.9. The molecule has 11 heteroatoms. The Hall–Kier alpha value is -3.47. The zero-order chi connectivity index (χ0) is 21.9. The Morgan fingerprint density at radius 1 is 1.17 bits per heavy atom. The first-order chi connectivity index (χ1) is 14.1. The number of hydrogen-bond acceptors (Lipinski definition) is 8. The Bertz CT molecular complexity index is 1160. The van der Waals surface area contributed by atoms with Crippen molar-refractivity contribution in [1.82, 2.24) is 19.9 Å². The van der Waals surface area contributed by atoms with Crippen LogP contribution < -0.4 is 15.4 Å². The smallest absolute Gasteiger partial charge is 0.222 e. The molecule has 3 rings (SSSR count). The van der Waals surface area contributed by atoms with E-state index in [1.807, 2.05) is 13.8 Å². The van der Waals surface area contributed by atoms with Crippen LogP contribution in [0, 0.1) is 0 Å². The third kappa shape index (κ3) is 5.32. The molecule has 0 aliphatic carbocycles. The topological polar surface area (TPSA) is 139 Å². The molecule has 10 nitrogen and oxygen atoms in total. The molecule has 0 aliphatic rings. The molecule has 30 heavy (non-hydrogen) atoms. The molecule has 3 heterocycles. The second-order valence-corrected chi connectivity index (χ2v) is 8.80. The molecule has 0 atom stereocenters. The van der Waals surface area contributed by atoms with E-state index in [9.17, 15) is 13.2 Å². The molecule has 0 radical (unpaired) electrons. The van der Waals surface area contributed by atoms with Crippen LogP contribution in [0.1, 0.15) is 20.8 Å². The van der Waals surface area contributed by atoms with E-state index in [-0.39, 0.29) is 22.9 Å². The molecule has 0 saturated carbocycles. The van der Waals surface area contributed by atoms with Crippen molar-refractivity contribution in [3.63, 3.8) is 0 Å². The van der Waals surface area contributed by atoms with Crippen LogP contribution >= 0.6 is 0 Å². The number of sulfone groups is 1. The number of carbonyl (C=O) groups is 1. The molecular weight excluding hydrogens is 408 g/mol. The molecule has 158 valence electrons. The van der Waals surface area contributed by atoms with E-state index in [2.05, 4.69) is 30.6 Å². The fourth-order valence-electron chi connectivity index (χ4n) is 2.63. The van der Waals surface area contributed by atoms with Crippen LogP contribution in [-0.2, 0) is 14.6 Å². The summed E-state index contributed by atoms with van der Waals surface area (Å²) in [6.45, 7) is 5.06. The highest BCUT2D eigenvalue weighted by Gasteiger charge is 2.16. The average Bonchev–Trinajstić information content (AvgIpc) is 3.14. The van der Waals surface area contributed by atoms with Gasteiger partial charge in [0.1, 0.15) is 17.4 Å². The molecule has 3 N–H and O–H groups in total. The zero-order valence-electron chi connectivity index (χ0n) is 16.9. The lowest BCUT2D eigenvalue weighted by Gasteiger charge is -2.15. The largest absolute Gasteiger partial charge is 0.491 e. The van der Waals surface area contributed by atoms with Gasteiger partial charge in [0.25, 0.3) is 0 Å². The number of H-pyrrole nitrogens is 1. The number of amides is 1. The SMILES string of the molecule is CC(=O)Nc1cc(Nc2cc(OC(C)C)cc(S(C)(=O)=O)n2)c(-c2c[nH]cn2)cn1. The fraction of sp³-hybridized carbons (Fsp3) is 0.263. The van der Waals surface area contributed by atoms with Gasteiger partial charge in [-0.1, -0.05) is 0 Å². The van der Waals surface area contributed by atoms with Gasteiger partial charge in [0.15, 0.2) is 14.9 Å². The van der Waals surface area contributed by atoms with Crippen molar-refractivity contribution >= 4 is 33.1 Å². The number of nitrogens with zero attached hydrogens (tertiary/aromatic N) is 3. The predicted molar refractivity (Wildman–Crippen MR) is 113 cm³/mol. The molecule has 0 unspecified atom stereocenters. The van der Waals surface area contributed by atoms with E-state index in [0.29, 0.717) is 28.5 Å². The van der Waals surface area contributed by atoms with Crippen molar-refractivity contribution in [1.29, 1.82) is 0 Å². The molecule has 0 spiro atoms. The molecule has 0 fully saturated rings. The molecule has 0 bridgehead atoms. The third-order valence-electron chi connectivity index (χ3n) is 3.77. The van der Waals surface area contributed by atoms with Gasteiger partial charge in [-0.15, -0.1) is 0 Å². The van der Waals surface area contributed by atoms with E-state index in [4.69, 9.17) is 4.74 Å². The fourth-order valence-corrected chi connectivity index (χ4v) is 3.23. The van der Waals surface area contributed by atoms with Gasteiger partial charge in [0.05, 0.1) is 23.8 Å². The van der Waals surface area contributed by atoms with Crippen LogP contribution in [0.25, 0.3) is 11.3 Å². The number of imidazole rings is 1. The normalized spacial score (nSPS) is 11.4. The maximum atomic E-state index is 12.1. The minimum absolute atomic E-state index is 0.124. The first kappa shape index (κ1) is 21.2. The summed E-state index contributed by atoms with van der Waals surface area (Å²) in [6.07, 6.45) is 5.69. The van der Waals surface area contributed by atoms with Crippen LogP contribution in [-0.4, -0.2) is 46.6 Å². The summed E-state index contributed by atoms with van der Waals surface area (Å²) in [5.74, 6) is 0.665. The number of aromatic nitrogens is 4. The number of ether oxygens (including phenoxy) is 1. The van der Waals surface area contributed by atoms with Gasteiger partial charge in [-0.2, -0.15) is 0 Å². The first-order valence-corrected chi connectivity index (χ1v) is 10.9. The van der Waals surface area contributed by atoms with Gasteiger partial charge < -0.3 is 20.4 Å². The number of aromatic amines is 1. The number of pyridine rings is 2. The number of anilines is 3. The van der Waals surface area contributed by atoms with Crippen molar-refractivity contribution in [2.75, 3.05) is 16.9 Å². The number of carbonyl (C=O) groups excluding carboxylic acids is 1. The third-order valence-corrected chi connectivity index (χ3v) is 4.74. The van der Waals surface area contributed by atoms with Crippen molar-refractivity contribution in [3.05, 3.63) is 36.9 Å².